The molecule has 2 N–H and O–H groups in total. The molecule has 7 heteroatoms. The zero-order valence-electron chi connectivity index (χ0n) is 17.2. The Hall–Kier alpha value is -0.570. The molecule has 27 heavy (non-hydrogen) atoms. The molecule has 0 aromatic rings. The summed E-state index contributed by atoms with van der Waals surface area (Å²) in [5.74, 6) is 1.52. The Balaban J connectivity index is 0.00000261. The lowest BCUT2D eigenvalue weighted by atomic mass is 9.88. The molecule has 0 aromatic heterocycles. The predicted octanol–water partition coefficient (Wildman–Crippen LogP) is 2.43. The van der Waals surface area contributed by atoms with Crippen molar-refractivity contribution in [3.05, 3.63) is 0 Å². The maximum atomic E-state index is 12.7. The van der Waals surface area contributed by atoms with Gasteiger partial charge >= 0.3 is 0 Å². The van der Waals surface area contributed by atoms with Crippen LogP contribution in [0.25, 0.3) is 0 Å². The minimum atomic E-state index is 0. The topological polar surface area (TPSA) is 60.0 Å². The first kappa shape index (κ1) is 22.7. The summed E-state index contributed by atoms with van der Waals surface area (Å²) in [4.78, 5) is 21.6. The minimum absolute atomic E-state index is 0. The van der Waals surface area contributed by atoms with E-state index in [1.165, 1.54) is 32.1 Å². The summed E-state index contributed by atoms with van der Waals surface area (Å²) in [7, 11) is 4.04. The van der Waals surface area contributed by atoms with Crippen molar-refractivity contribution in [1.82, 2.24) is 20.4 Å². The van der Waals surface area contributed by atoms with Crippen molar-refractivity contribution < 1.29 is 4.79 Å². The molecule has 0 bridgehead atoms. The monoisotopic (exact) mass is 491 g/mol. The summed E-state index contributed by atoms with van der Waals surface area (Å²) in [6.45, 7) is 4.85. The number of carbonyl (C=O) groups is 1. The lowest BCUT2D eigenvalue weighted by molar-refractivity contribution is -0.135. The normalized spacial score (nSPS) is 25.3. The van der Waals surface area contributed by atoms with Crippen LogP contribution in [-0.2, 0) is 4.79 Å². The Morgan fingerprint density at radius 2 is 1.89 bits per heavy atom. The highest BCUT2D eigenvalue weighted by atomic mass is 127. The molecule has 1 heterocycles. The molecule has 3 rings (SSSR count). The number of halogens is 1. The van der Waals surface area contributed by atoms with Gasteiger partial charge in [-0.05, 0) is 46.1 Å². The van der Waals surface area contributed by atoms with Crippen molar-refractivity contribution in [3.63, 3.8) is 0 Å². The fourth-order valence-corrected chi connectivity index (χ4v) is 4.30. The Kier molecular flexibility index (Phi) is 9.11. The number of nitrogens with zero attached hydrogens (tertiary/aromatic N) is 3. The Bertz CT molecular complexity index is 505. The van der Waals surface area contributed by atoms with Gasteiger partial charge in [-0.15, -0.1) is 24.0 Å². The van der Waals surface area contributed by atoms with Crippen molar-refractivity contribution >= 4 is 35.8 Å². The van der Waals surface area contributed by atoms with Crippen LogP contribution in [0, 0.1) is 5.92 Å². The smallest absolute Gasteiger partial charge is 0.225 e. The quantitative estimate of drug-likeness (QED) is 0.341. The standard InChI is InChI=1S/C20H37N5O.HI/c1-15(24(3)18-9-10-18)13-22-20(21-2)23-17-11-12-25(14-17)19(26)16-7-5-4-6-8-16;/h15-18H,4-14H2,1-3H3,(H2,21,22,23);1H. The first-order valence-corrected chi connectivity index (χ1v) is 10.6. The number of likely N-dealkylation sites (tertiary alicyclic amines) is 1. The molecule has 1 saturated heterocycles. The lowest BCUT2D eigenvalue weighted by Gasteiger charge is -2.27. The zero-order valence-corrected chi connectivity index (χ0v) is 19.6. The molecule has 3 aliphatic rings. The van der Waals surface area contributed by atoms with Gasteiger partial charge in [-0.2, -0.15) is 0 Å². The Morgan fingerprint density at radius 3 is 2.52 bits per heavy atom. The van der Waals surface area contributed by atoms with E-state index in [-0.39, 0.29) is 29.9 Å². The van der Waals surface area contributed by atoms with E-state index in [0.29, 0.717) is 18.0 Å². The molecular weight excluding hydrogens is 453 g/mol. The fraction of sp³-hybridized carbons (Fsp3) is 0.900. The third-order valence-corrected chi connectivity index (χ3v) is 6.40. The molecular formula is C20H38IN5O. The van der Waals surface area contributed by atoms with Gasteiger partial charge in [0.1, 0.15) is 0 Å². The van der Waals surface area contributed by atoms with E-state index in [4.69, 9.17) is 0 Å². The van der Waals surface area contributed by atoms with Gasteiger partial charge in [-0.1, -0.05) is 19.3 Å². The van der Waals surface area contributed by atoms with Crippen molar-refractivity contribution in [3.8, 4) is 0 Å². The van der Waals surface area contributed by atoms with Gasteiger partial charge in [0.25, 0.3) is 0 Å². The van der Waals surface area contributed by atoms with Gasteiger partial charge in [0.05, 0.1) is 0 Å². The first-order valence-electron chi connectivity index (χ1n) is 10.6. The van der Waals surface area contributed by atoms with E-state index < -0.39 is 0 Å². The van der Waals surface area contributed by atoms with Crippen LogP contribution >= 0.6 is 24.0 Å². The molecule has 0 spiro atoms. The highest BCUT2D eigenvalue weighted by Gasteiger charge is 2.32. The van der Waals surface area contributed by atoms with Gasteiger partial charge in [0.15, 0.2) is 5.96 Å². The fourth-order valence-electron chi connectivity index (χ4n) is 4.30. The van der Waals surface area contributed by atoms with E-state index in [2.05, 4.69) is 39.4 Å². The Labute approximate surface area is 181 Å². The summed E-state index contributed by atoms with van der Waals surface area (Å²) in [5.41, 5.74) is 0. The third kappa shape index (κ3) is 6.48. The predicted molar refractivity (Wildman–Crippen MR) is 122 cm³/mol. The van der Waals surface area contributed by atoms with Crippen molar-refractivity contribution in [2.45, 2.75) is 76.4 Å². The number of carbonyl (C=O) groups excluding carboxylic acids is 1. The van der Waals surface area contributed by atoms with E-state index in [1.54, 1.807) is 0 Å². The second-order valence-corrected chi connectivity index (χ2v) is 8.45. The first-order chi connectivity index (χ1) is 12.6. The second kappa shape index (κ2) is 10.8. The minimum Gasteiger partial charge on any atom is -0.355 e. The number of nitrogens with one attached hydrogen (secondary N) is 2. The number of hydrogen-bond donors (Lipinski definition) is 2. The van der Waals surface area contributed by atoms with E-state index in [1.807, 2.05) is 7.05 Å². The van der Waals surface area contributed by atoms with Gasteiger partial charge in [0.2, 0.25) is 5.91 Å². The molecule has 0 radical (unpaired) electrons. The summed E-state index contributed by atoms with van der Waals surface area (Å²) in [6.07, 6.45) is 9.58. The molecule has 2 aliphatic carbocycles. The maximum Gasteiger partial charge on any atom is 0.225 e. The number of rotatable bonds is 6. The summed E-state index contributed by atoms with van der Waals surface area (Å²) < 4.78 is 0. The van der Waals surface area contributed by atoms with Crippen molar-refractivity contribution in [2.24, 2.45) is 10.9 Å². The molecule has 2 saturated carbocycles. The number of amides is 1. The molecule has 1 aliphatic heterocycles. The number of likely N-dealkylation sites (N-methyl/N-ethyl adjacent to an activating group) is 1. The third-order valence-electron chi connectivity index (χ3n) is 6.40. The molecule has 1 amide bonds. The van der Waals surface area contributed by atoms with E-state index in [9.17, 15) is 4.79 Å². The lowest BCUT2D eigenvalue weighted by Crippen LogP contribution is -2.49. The van der Waals surface area contributed by atoms with Crippen LogP contribution in [0.4, 0.5) is 0 Å². The maximum absolute atomic E-state index is 12.7. The molecule has 156 valence electrons. The summed E-state index contributed by atoms with van der Waals surface area (Å²) in [6, 6.07) is 1.58. The Morgan fingerprint density at radius 1 is 1.19 bits per heavy atom. The van der Waals surface area contributed by atoms with E-state index >= 15 is 0 Å². The van der Waals surface area contributed by atoms with Crippen molar-refractivity contribution in [2.75, 3.05) is 33.7 Å². The average molecular weight is 491 g/mol. The molecule has 6 nitrogen and oxygen atoms in total. The van der Waals surface area contributed by atoms with Crippen LogP contribution in [-0.4, -0.2) is 73.5 Å². The molecule has 2 unspecified atom stereocenters. The largest absolute Gasteiger partial charge is 0.355 e. The number of hydrogen-bond acceptors (Lipinski definition) is 3. The number of aliphatic imine (C=N–C) groups is 1. The van der Waals surface area contributed by atoms with Crippen LogP contribution in [0.15, 0.2) is 4.99 Å². The second-order valence-electron chi connectivity index (χ2n) is 8.45. The highest BCUT2D eigenvalue weighted by molar-refractivity contribution is 14.0. The molecule has 0 aromatic carbocycles. The van der Waals surface area contributed by atoms with Gasteiger partial charge in [0, 0.05) is 50.7 Å². The average Bonchev–Trinajstić information content (AvgIpc) is 3.43. The summed E-state index contributed by atoms with van der Waals surface area (Å²) >= 11 is 0. The van der Waals surface area contributed by atoms with Gasteiger partial charge in [-0.3, -0.25) is 14.7 Å². The van der Waals surface area contributed by atoms with Crippen LogP contribution in [0.5, 0.6) is 0 Å². The SMILES string of the molecule is CN=C(NCC(C)N(C)C1CC1)NC1CCN(C(=O)C2CCCCC2)C1.I. The van der Waals surface area contributed by atoms with Gasteiger partial charge < -0.3 is 15.5 Å². The van der Waals surface area contributed by atoms with Gasteiger partial charge in [-0.25, -0.2) is 0 Å². The van der Waals surface area contributed by atoms with Crippen LogP contribution < -0.4 is 10.6 Å². The van der Waals surface area contributed by atoms with E-state index in [0.717, 1.165) is 50.9 Å². The number of guanidine groups is 1. The zero-order chi connectivity index (χ0) is 18.5. The highest BCUT2D eigenvalue weighted by Crippen LogP contribution is 2.27. The molecule has 2 atom stereocenters. The molecule has 3 fully saturated rings. The van der Waals surface area contributed by atoms with Crippen LogP contribution in [0.1, 0.15) is 58.3 Å². The summed E-state index contributed by atoms with van der Waals surface area (Å²) in [5, 5.41) is 6.98. The van der Waals surface area contributed by atoms with Crippen molar-refractivity contribution in [1.29, 1.82) is 0 Å². The van der Waals surface area contributed by atoms with Crippen LogP contribution in [0.3, 0.4) is 0 Å². The van der Waals surface area contributed by atoms with Crippen LogP contribution in [0.2, 0.25) is 0 Å².